The van der Waals surface area contributed by atoms with Gasteiger partial charge in [0.2, 0.25) is 0 Å². The minimum atomic E-state index is -0.330. The summed E-state index contributed by atoms with van der Waals surface area (Å²) < 4.78 is 0. The van der Waals surface area contributed by atoms with E-state index in [-0.39, 0.29) is 24.1 Å². The highest BCUT2D eigenvalue weighted by atomic mass is 35.5. The summed E-state index contributed by atoms with van der Waals surface area (Å²) in [5, 5.41) is 22.5. The Morgan fingerprint density at radius 1 is 1.48 bits per heavy atom. The van der Waals surface area contributed by atoms with Crippen LogP contribution in [-0.2, 0) is 0 Å². The number of nitriles is 1. The van der Waals surface area contributed by atoms with E-state index in [9.17, 15) is 9.90 Å². The van der Waals surface area contributed by atoms with Gasteiger partial charge in [-0.25, -0.2) is 0 Å². The Bertz CT molecular complexity index is 617. The molecule has 1 aliphatic rings. The van der Waals surface area contributed by atoms with E-state index in [1.807, 2.05) is 19.9 Å². The van der Waals surface area contributed by atoms with Gasteiger partial charge in [0.15, 0.2) is 0 Å². The molecule has 1 heterocycles. The first kappa shape index (κ1) is 17.7. The third-order valence-corrected chi connectivity index (χ3v) is 4.56. The van der Waals surface area contributed by atoms with E-state index in [4.69, 9.17) is 16.9 Å². The second kappa shape index (κ2) is 7.31. The number of halogens is 1. The van der Waals surface area contributed by atoms with Crippen LogP contribution in [0.25, 0.3) is 0 Å². The van der Waals surface area contributed by atoms with Gasteiger partial charge in [-0.3, -0.25) is 4.79 Å². The molecule has 1 amide bonds. The topological polar surface area (TPSA) is 76.4 Å². The SMILES string of the molecule is CC(C)NC1(CO)CCN(C(=O)c2cc(C#N)ccc2Cl)CC1. The summed E-state index contributed by atoms with van der Waals surface area (Å²) in [5.74, 6) is -0.164. The van der Waals surface area contributed by atoms with Gasteiger partial charge in [0.05, 0.1) is 28.8 Å². The summed E-state index contributed by atoms with van der Waals surface area (Å²) in [6, 6.07) is 7.00. The third kappa shape index (κ3) is 4.03. The van der Waals surface area contributed by atoms with Crippen LogP contribution in [0.15, 0.2) is 18.2 Å². The van der Waals surface area contributed by atoms with Crippen molar-refractivity contribution in [1.29, 1.82) is 5.26 Å². The number of likely N-dealkylation sites (tertiary alicyclic amines) is 1. The fraction of sp³-hybridized carbons (Fsp3) is 0.529. The number of nitrogens with one attached hydrogen (secondary N) is 1. The molecular weight excluding hydrogens is 314 g/mol. The predicted octanol–water partition coefficient (Wildman–Crippen LogP) is 2.18. The highest BCUT2D eigenvalue weighted by Crippen LogP contribution is 2.26. The Balaban J connectivity index is 2.11. The molecule has 0 saturated carbocycles. The minimum absolute atomic E-state index is 0.0535. The number of hydrogen-bond donors (Lipinski definition) is 2. The number of piperidine rings is 1. The average Bonchev–Trinajstić information content (AvgIpc) is 2.55. The van der Waals surface area contributed by atoms with Gasteiger partial charge >= 0.3 is 0 Å². The summed E-state index contributed by atoms with van der Waals surface area (Å²) in [7, 11) is 0. The van der Waals surface area contributed by atoms with Crippen molar-refractivity contribution in [2.24, 2.45) is 0 Å². The van der Waals surface area contributed by atoms with Gasteiger partial charge in [0, 0.05) is 24.7 Å². The van der Waals surface area contributed by atoms with Crippen molar-refractivity contribution in [1.82, 2.24) is 10.2 Å². The number of carbonyl (C=O) groups is 1. The zero-order chi connectivity index (χ0) is 17.0. The first-order chi connectivity index (χ1) is 10.9. The monoisotopic (exact) mass is 335 g/mol. The van der Waals surface area contributed by atoms with E-state index in [1.165, 1.54) is 6.07 Å². The van der Waals surface area contributed by atoms with Crippen LogP contribution in [0, 0.1) is 11.3 Å². The third-order valence-electron chi connectivity index (χ3n) is 4.23. The molecule has 0 bridgehead atoms. The number of carbonyl (C=O) groups excluding carboxylic acids is 1. The number of amides is 1. The van der Waals surface area contributed by atoms with Crippen molar-refractivity contribution in [2.75, 3.05) is 19.7 Å². The number of rotatable bonds is 4. The van der Waals surface area contributed by atoms with Crippen LogP contribution < -0.4 is 5.32 Å². The molecule has 2 N–H and O–H groups in total. The van der Waals surface area contributed by atoms with Gasteiger partial charge in [-0.05, 0) is 31.0 Å². The van der Waals surface area contributed by atoms with E-state index in [2.05, 4.69) is 5.32 Å². The van der Waals surface area contributed by atoms with Gasteiger partial charge in [-0.2, -0.15) is 5.26 Å². The molecule has 1 saturated heterocycles. The van der Waals surface area contributed by atoms with Crippen molar-refractivity contribution in [2.45, 2.75) is 38.3 Å². The molecule has 1 aromatic rings. The molecule has 0 aromatic heterocycles. The molecular formula is C17H22ClN3O2. The average molecular weight is 336 g/mol. The molecule has 23 heavy (non-hydrogen) atoms. The molecule has 1 aliphatic heterocycles. The standard InChI is InChI=1S/C17H22ClN3O2/c1-12(2)20-17(11-22)5-7-21(8-6-17)16(23)14-9-13(10-19)3-4-15(14)18/h3-4,9,12,20,22H,5-8,11H2,1-2H3. The summed E-state index contributed by atoms with van der Waals surface area (Å²) in [6.07, 6.45) is 1.37. The number of nitrogens with zero attached hydrogens (tertiary/aromatic N) is 2. The van der Waals surface area contributed by atoms with E-state index < -0.39 is 0 Å². The first-order valence-electron chi connectivity index (χ1n) is 7.78. The van der Waals surface area contributed by atoms with E-state index >= 15 is 0 Å². The maximum absolute atomic E-state index is 12.7. The van der Waals surface area contributed by atoms with Gasteiger partial charge in [0.1, 0.15) is 0 Å². The molecule has 5 nitrogen and oxygen atoms in total. The van der Waals surface area contributed by atoms with Crippen LogP contribution >= 0.6 is 11.6 Å². The molecule has 0 radical (unpaired) electrons. The lowest BCUT2D eigenvalue weighted by Gasteiger charge is -2.42. The zero-order valence-corrected chi connectivity index (χ0v) is 14.2. The lowest BCUT2D eigenvalue weighted by molar-refractivity contribution is 0.0511. The Hall–Kier alpha value is -1.61. The molecule has 124 valence electrons. The van der Waals surface area contributed by atoms with Crippen molar-refractivity contribution in [3.63, 3.8) is 0 Å². The van der Waals surface area contributed by atoms with E-state index in [0.29, 0.717) is 42.1 Å². The van der Waals surface area contributed by atoms with Crippen LogP contribution in [0.2, 0.25) is 5.02 Å². The normalized spacial score (nSPS) is 17.1. The summed E-state index contributed by atoms with van der Waals surface area (Å²) in [4.78, 5) is 14.4. The van der Waals surface area contributed by atoms with Crippen molar-refractivity contribution < 1.29 is 9.90 Å². The summed E-state index contributed by atoms with van der Waals surface area (Å²) in [6.45, 7) is 5.24. The second-order valence-electron chi connectivity index (χ2n) is 6.34. The van der Waals surface area contributed by atoms with Crippen LogP contribution in [0.1, 0.15) is 42.6 Å². The molecule has 0 spiro atoms. The van der Waals surface area contributed by atoms with Crippen LogP contribution in [0.4, 0.5) is 0 Å². The largest absolute Gasteiger partial charge is 0.394 e. The number of aliphatic hydroxyl groups excluding tert-OH is 1. The first-order valence-corrected chi connectivity index (χ1v) is 8.16. The molecule has 0 aliphatic carbocycles. The van der Waals surface area contributed by atoms with Crippen molar-refractivity contribution >= 4 is 17.5 Å². The van der Waals surface area contributed by atoms with Gasteiger partial charge in [-0.15, -0.1) is 0 Å². The highest BCUT2D eigenvalue weighted by Gasteiger charge is 2.36. The lowest BCUT2D eigenvalue weighted by Crippen LogP contribution is -2.58. The molecule has 6 heteroatoms. The predicted molar refractivity (Wildman–Crippen MR) is 89.4 cm³/mol. The number of aliphatic hydroxyl groups is 1. The van der Waals surface area contributed by atoms with Crippen LogP contribution in [0.5, 0.6) is 0 Å². The maximum atomic E-state index is 12.7. The molecule has 0 unspecified atom stereocenters. The molecule has 1 aromatic carbocycles. The smallest absolute Gasteiger partial charge is 0.255 e. The lowest BCUT2D eigenvalue weighted by atomic mass is 9.87. The Kier molecular flexibility index (Phi) is 5.64. The molecule has 1 fully saturated rings. The Morgan fingerprint density at radius 2 is 2.13 bits per heavy atom. The quantitative estimate of drug-likeness (QED) is 0.884. The number of hydrogen-bond acceptors (Lipinski definition) is 4. The second-order valence-corrected chi connectivity index (χ2v) is 6.74. The fourth-order valence-electron chi connectivity index (χ4n) is 3.03. The summed E-state index contributed by atoms with van der Waals surface area (Å²) in [5.41, 5.74) is 0.448. The van der Waals surface area contributed by atoms with Gasteiger partial charge < -0.3 is 15.3 Å². The van der Waals surface area contributed by atoms with Crippen molar-refractivity contribution in [3.8, 4) is 6.07 Å². The van der Waals surface area contributed by atoms with E-state index in [1.54, 1.807) is 17.0 Å². The highest BCUT2D eigenvalue weighted by molar-refractivity contribution is 6.33. The van der Waals surface area contributed by atoms with Crippen molar-refractivity contribution in [3.05, 3.63) is 34.3 Å². The molecule has 0 atom stereocenters. The van der Waals surface area contributed by atoms with Crippen LogP contribution in [-0.4, -0.2) is 47.2 Å². The minimum Gasteiger partial charge on any atom is -0.394 e. The van der Waals surface area contributed by atoms with Gasteiger partial charge in [-0.1, -0.05) is 25.4 Å². The van der Waals surface area contributed by atoms with E-state index in [0.717, 1.165) is 0 Å². The summed E-state index contributed by atoms with van der Waals surface area (Å²) >= 11 is 6.11. The van der Waals surface area contributed by atoms with Gasteiger partial charge in [0.25, 0.3) is 5.91 Å². The zero-order valence-electron chi connectivity index (χ0n) is 13.5. The Morgan fingerprint density at radius 3 is 2.65 bits per heavy atom. The maximum Gasteiger partial charge on any atom is 0.255 e. The fourth-order valence-corrected chi connectivity index (χ4v) is 3.23. The Labute approximate surface area is 141 Å². The van der Waals surface area contributed by atoms with Crippen LogP contribution in [0.3, 0.4) is 0 Å². The molecule has 2 rings (SSSR count). The number of benzene rings is 1.